The molecule has 1 fully saturated rings. The van der Waals surface area contributed by atoms with Gasteiger partial charge < -0.3 is 9.73 Å². The van der Waals surface area contributed by atoms with Gasteiger partial charge in [-0.05, 0) is 44.5 Å². The van der Waals surface area contributed by atoms with Gasteiger partial charge in [0.05, 0.1) is 6.04 Å². The lowest BCUT2D eigenvalue weighted by molar-refractivity contribution is 0.397. The van der Waals surface area contributed by atoms with Gasteiger partial charge in [-0.3, -0.25) is 0 Å². The molecule has 4 nitrogen and oxygen atoms in total. The van der Waals surface area contributed by atoms with Crippen LogP contribution in [0.5, 0.6) is 0 Å². The van der Waals surface area contributed by atoms with Crippen molar-refractivity contribution in [3.63, 3.8) is 0 Å². The third-order valence-electron chi connectivity index (χ3n) is 3.29. The van der Waals surface area contributed by atoms with Gasteiger partial charge in [0.2, 0.25) is 0 Å². The van der Waals surface area contributed by atoms with Gasteiger partial charge >= 0.3 is 0 Å². The molecule has 0 amide bonds. The molecule has 3 heterocycles. The van der Waals surface area contributed by atoms with Crippen molar-refractivity contribution >= 4 is 0 Å². The molecule has 2 aromatic heterocycles. The molecule has 18 heavy (non-hydrogen) atoms. The maximum absolute atomic E-state index is 5.60. The van der Waals surface area contributed by atoms with Gasteiger partial charge in [0.1, 0.15) is 17.3 Å². The van der Waals surface area contributed by atoms with Crippen LogP contribution in [0.3, 0.4) is 0 Å². The summed E-state index contributed by atoms with van der Waals surface area (Å²) in [6, 6.07) is 6.09. The van der Waals surface area contributed by atoms with E-state index in [2.05, 4.69) is 15.3 Å². The number of aromatic nitrogens is 2. The predicted octanol–water partition coefficient (Wildman–Crippen LogP) is 2.86. The molecule has 1 unspecified atom stereocenters. The molecule has 0 radical (unpaired) electrons. The van der Waals surface area contributed by atoms with Crippen LogP contribution in [0, 0.1) is 6.92 Å². The summed E-state index contributed by atoms with van der Waals surface area (Å²) in [4.78, 5) is 8.99. The molecule has 1 aliphatic heterocycles. The summed E-state index contributed by atoms with van der Waals surface area (Å²) in [5, 5.41) is 3.46. The fourth-order valence-corrected chi connectivity index (χ4v) is 2.32. The van der Waals surface area contributed by atoms with Crippen molar-refractivity contribution in [3.8, 4) is 11.5 Å². The highest BCUT2D eigenvalue weighted by Crippen LogP contribution is 2.23. The molecule has 2 aromatic rings. The van der Waals surface area contributed by atoms with Crippen molar-refractivity contribution in [2.45, 2.75) is 32.2 Å². The molecule has 0 bridgehead atoms. The second kappa shape index (κ2) is 4.90. The van der Waals surface area contributed by atoms with Crippen LogP contribution in [0.2, 0.25) is 0 Å². The number of nitrogens with zero attached hydrogens (tertiary/aromatic N) is 2. The summed E-state index contributed by atoms with van der Waals surface area (Å²) in [7, 11) is 0. The van der Waals surface area contributed by atoms with Crippen LogP contribution in [-0.4, -0.2) is 16.5 Å². The molecule has 1 N–H and O–H groups in total. The number of aryl methyl sites for hydroxylation is 1. The Bertz CT molecular complexity index is 529. The fraction of sp³-hybridized carbons (Fsp3) is 0.429. The molecule has 94 valence electrons. The van der Waals surface area contributed by atoms with E-state index in [0.717, 1.165) is 36.0 Å². The van der Waals surface area contributed by atoms with Gasteiger partial charge in [0.25, 0.3) is 0 Å². The Hall–Kier alpha value is -1.68. The minimum Gasteiger partial charge on any atom is -0.460 e. The summed E-state index contributed by atoms with van der Waals surface area (Å²) in [5.41, 5.74) is 0.862. The third-order valence-corrected chi connectivity index (χ3v) is 3.29. The molecular formula is C14H17N3O. The zero-order valence-corrected chi connectivity index (χ0v) is 10.5. The van der Waals surface area contributed by atoms with Crippen LogP contribution in [-0.2, 0) is 0 Å². The Labute approximate surface area is 106 Å². The molecule has 1 aliphatic rings. The van der Waals surface area contributed by atoms with Crippen LogP contribution in [0.25, 0.3) is 11.5 Å². The Kier molecular flexibility index (Phi) is 3.11. The normalized spacial score (nSPS) is 19.9. The first kappa shape index (κ1) is 11.4. The van der Waals surface area contributed by atoms with Gasteiger partial charge in [-0.1, -0.05) is 6.42 Å². The van der Waals surface area contributed by atoms with E-state index in [9.17, 15) is 0 Å². The molecule has 0 spiro atoms. The van der Waals surface area contributed by atoms with Crippen LogP contribution < -0.4 is 5.32 Å². The zero-order valence-electron chi connectivity index (χ0n) is 10.5. The highest BCUT2D eigenvalue weighted by Gasteiger charge is 2.18. The molecule has 1 atom stereocenters. The highest BCUT2D eigenvalue weighted by molar-refractivity contribution is 5.51. The van der Waals surface area contributed by atoms with Crippen LogP contribution in [0.15, 0.2) is 28.8 Å². The average molecular weight is 243 g/mol. The summed E-state index contributed by atoms with van der Waals surface area (Å²) in [6.07, 6.45) is 5.41. The highest BCUT2D eigenvalue weighted by atomic mass is 16.3. The summed E-state index contributed by atoms with van der Waals surface area (Å²) in [6.45, 7) is 2.99. The number of nitrogens with one attached hydrogen (secondary N) is 1. The lowest BCUT2D eigenvalue weighted by atomic mass is 10.0. The molecule has 0 aromatic carbocycles. The van der Waals surface area contributed by atoms with E-state index < -0.39 is 0 Å². The number of hydrogen-bond acceptors (Lipinski definition) is 4. The molecule has 3 rings (SSSR count). The Morgan fingerprint density at radius 1 is 1.28 bits per heavy atom. The van der Waals surface area contributed by atoms with Gasteiger partial charge in [-0.25, -0.2) is 9.97 Å². The van der Waals surface area contributed by atoms with E-state index in [1.807, 2.05) is 31.3 Å². The summed E-state index contributed by atoms with van der Waals surface area (Å²) < 4.78 is 5.60. The van der Waals surface area contributed by atoms with E-state index >= 15 is 0 Å². The van der Waals surface area contributed by atoms with E-state index in [1.165, 1.54) is 12.8 Å². The standard InChI is InChI=1S/C14H17N3O/c1-10-5-6-13(18-10)11-7-9-16-14(17-11)12-4-2-3-8-15-12/h5-7,9,12,15H,2-4,8H2,1H3. The van der Waals surface area contributed by atoms with Crippen molar-refractivity contribution < 1.29 is 4.42 Å². The number of hydrogen-bond donors (Lipinski definition) is 1. The minimum atomic E-state index is 0.287. The SMILES string of the molecule is Cc1ccc(-c2ccnc(C3CCCCN3)n2)o1. The Morgan fingerprint density at radius 2 is 2.22 bits per heavy atom. The van der Waals surface area contributed by atoms with E-state index in [1.54, 1.807) is 0 Å². The minimum absolute atomic E-state index is 0.287. The van der Waals surface area contributed by atoms with Gasteiger partial charge in [-0.2, -0.15) is 0 Å². The molecule has 0 aliphatic carbocycles. The van der Waals surface area contributed by atoms with Crippen molar-refractivity contribution in [3.05, 3.63) is 36.0 Å². The third kappa shape index (κ3) is 2.29. The Balaban J connectivity index is 1.88. The smallest absolute Gasteiger partial charge is 0.152 e. The van der Waals surface area contributed by atoms with Gasteiger partial charge in [0.15, 0.2) is 5.76 Å². The van der Waals surface area contributed by atoms with Crippen LogP contribution >= 0.6 is 0 Å². The van der Waals surface area contributed by atoms with Crippen molar-refractivity contribution in [1.29, 1.82) is 0 Å². The monoisotopic (exact) mass is 243 g/mol. The van der Waals surface area contributed by atoms with Gasteiger partial charge in [0, 0.05) is 6.20 Å². The average Bonchev–Trinajstić information content (AvgIpc) is 2.87. The van der Waals surface area contributed by atoms with Crippen molar-refractivity contribution in [2.24, 2.45) is 0 Å². The number of furan rings is 1. The molecule has 1 saturated heterocycles. The first-order valence-corrected chi connectivity index (χ1v) is 6.46. The van der Waals surface area contributed by atoms with E-state index in [-0.39, 0.29) is 6.04 Å². The lowest BCUT2D eigenvalue weighted by Crippen LogP contribution is -2.28. The topological polar surface area (TPSA) is 51.0 Å². The lowest BCUT2D eigenvalue weighted by Gasteiger charge is -2.22. The van der Waals surface area contributed by atoms with E-state index in [0.29, 0.717) is 0 Å². The van der Waals surface area contributed by atoms with Gasteiger partial charge in [-0.15, -0.1) is 0 Å². The molecule has 4 heteroatoms. The molecular weight excluding hydrogens is 226 g/mol. The first-order chi connectivity index (χ1) is 8.83. The fourth-order valence-electron chi connectivity index (χ4n) is 2.32. The number of piperidine rings is 1. The van der Waals surface area contributed by atoms with Crippen LogP contribution in [0.4, 0.5) is 0 Å². The quantitative estimate of drug-likeness (QED) is 0.881. The zero-order chi connectivity index (χ0) is 12.4. The maximum Gasteiger partial charge on any atom is 0.152 e. The predicted molar refractivity (Wildman–Crippen MR) is 69.1 cm³/mol. The summed E-state index contributed by atoms with van der Waals surface area (Å²) >= 11 is 0. The van der Waals surface area contributed by atoms with E-state index in [4.69, 9.17) is 4.42 Å². The first-order valence-electron chi connectivity index (χ1n) is 6.46. The second-order valence-corrected chi connectivity index (χ2v) is 4.71. The summed E-state index contributed by atoms with van der Waals surface area (Å²) in [5.74, 6) is 2.59. The Morgan fingerprint density at radius 3 is 2.94 bits per heavy atom. The second-order valence-electron chi connectivity index (χ2n) is 4.71. The van der Waals surface area contributed by atoms with Crippen LogP contribution in [0.1, 0.15) is 36.9 Å². The van der Waals surface area contributed by atoms with Crippen molar-refractivity contribution in [1.82, 2.24) is 15.3 Å². The largest absolute Gasteiger partial charge is 0.460 e. The molecule has 0 saturated carbocycles. The maximum atomic E-state index is 5.60. The number of rotatable bonds is 2. The van der Waals surface area contributed by atoms with Crippen molar-refractivity contribution in [2.75, 3.05) is 6.54 Å².